The van der Waals surface area contributed by atoms with E-state index in [0.29, 0.717) is 21.5 Å². The first-order valence-electron chi connectivity index (χ1n) is 42.4. The van der Waals surface area contributed by atoms with Crippen LogP contribution in [0.1, 0.15) is 33.4 Å². The average molecular weight is 1590 g/mol. The summed E-state index contributed by atoms with van der Waals surface area (Å²) in [5.74, 6) is -0.726. The van der Waals surface area contributed by atoms with Crippen molar-refractivity contribution in [1.29, 1.82) is 0 Å². The number of rotatable bonds is 12. The molecule has 0 saturated heterocycles. The summed E-state index contributed by atoms with van der Waals surface area (Å²) >= 11 is 0. The summed E-state index contributed by atoms with van der Waals surface area (Å²) in [6.45, 7) is 4.31. The van der Waals surface area contributed by atoms with Gasteiger partial charge in [0.25, 0.3) is 0 Å². The zero-order valence-corrected chi connectivity index (χ0v) is 68.5. The number of hydrogen-bond acceptors (Lipinski definition) is 2. The third kappa shape index (κ3) is 14.5. The van der Waals surface area contributed by atoms with Crippen LogP contribution in [0.5, 0.6) is 0 Å². The molecule has 0 unspecified atom stereocenters. The van der Waals surface area contributed by atoms with Crippen LogP contribution < -0.4 is 9.80 Å². The Morgan fingerprint density at radius 1 is 0.177 bits per heavy atom. The maximum absolute atomic E-state index is 15.1. The molecule has 0 saturated carbocycles. The third-order valence-corrected chi connectivity index (χ3v) is 24.4. The summed E-state index contributed by atoms with van der Waals surface area (Å²) in [5, 5.41) is 25.0. The standard InChI is InChI=1S/C62H44N2.C36H26.C22H12F2/c1-5-21-51(22-6-1)63(52-23-7-2-8-24-52)55-35-29-45(30-36-55)33-39-57-59-41-47-17-13-15-19-49(47)43-61(59)58(62-44-50-20-16-14-18-48(50)42-60(57)62)40-34-46-31-37-56(38-32-46)64(53-25-9-3-10-26-53)54-27-11-4-12-28-54;1-23-11-15-25(16-12-23)35-31-19-27-7-3-5-9-29(27)21-33(31)36(26-17-13-24(2)14-18-26)34-22-30-10-6-4-8-28(30)20-32(34)35;23-21-17-9-13-5-1-2-6-14(13)10-18(17)22(24)20-12-16-8-4-3-7-15(16)11-19(20)21/h1-44H;3-22H,1-2H3;1-12H/b39-33+,40-34+;;. The lowest BCUT2D eigenvalue weighted by molar-refractivity contribution is 0.635. The van der Waals surface area contributed by atoms with Gasteiger partial charge in [0.2, 0.25) is 0 Å². The normalized spacial score (nSPS) is 11.6. The molecular weight excluding hydrogens is 1510 g/mol. The number of anilines is 6. The lowest BCUT2D eigenvalue weighted by Crippen LogP contribution is -2.09. The van der Waals surface area contributed by atoms with Crippen LogP contribution in [0.3, 0.4) is 0 Å². The van der Waals surface area contributed by atoms with E-state index in [2.05, 4.69) is 412 Å². The van der Waals surface area contributed by atoms with Gasteiger partial charge in [0, 0.05) is 55.7 Å². The molecule has 0 heterocycles. The molecule has 4 heteroatoms. The van der Waals surface area contributed by atoms with E-state index in [1.807, 2.05) is 48.5 Å². The first kappa shape index (κ1) is 75.6. The molecule has 0 aliphatic heterocycles. The molecule has 23 aromatic rings. The van der Waals surface area contributed by atoms with Gasteiger partial charge in [0.15, 0.2) is 0 Å². The quantitative estimate of drug-likeness (QED) is 0.0888. The van der Waals surface area contributed by atoms with Gasteiger partial charge in [-0.1, -0.05) is 327 Å². The lowest BCUT2D eigenvalue weighted by atomic mass is 9.83. The van der Waals surface area contributed by atoms with Crippen molar-refractivity contribution in [2.45, 2.75) is 13.8 Å². The number of fused-ring (bicyclic) bond motifs is 12. The third-order valence-electron chi connectivity index (χ3n) is 24.4. The minimum Gasteiger partial charge on any atom is -0.311 e. The minimum atomic E-state index is -0.363. The summed E-state index contributed by atoms with van der Waals surface area (Å²) in [5.41, 5.74) is 19.1. The first-order chi connectivity index (χ1) is 61.1. The van der Waals surface area contributed by atoms with Crippen molar-refractivity contribution in [2.75, 3.05) is 9.80 Å². The molecule has 23 rings (SSSR count). The predicted octanol–water partition coefficient (Wildman–Crippen LogP) is 34.4. The highest BCUT2D eigenvalue weighted by Gasteiger charge is 2.22. The van der Waals surface area contributed by atoms with Crippen LogP contribution in [-0.2, 0) is 0 Å². The van der Waals surface area contributed by atoms with E-state index in [4.69, 9.17) is 0 Å². The summed E-state index contributed by atoms with van der Waals surface area (Å²) in [4.78, 5) is 4.60. The Morgan fingerprint density at radius 2 is 0.363 bits per heavy atom. The number of para-hydroxylation sites is 4. The van der Waals surface area contributed by atoms with Crippen LogP contribution in [0.25, 0.3) is 176 Å². The van der Waals surface area contributed by atoms with E-state index >= 15 is 8.78 Å². The molecule has 0 N–H and O–H groups in total. The summed E-state index contributed by atoms with van der Waals surface area (Å²) < 4.78 is 30.3. The van der Waals surface area contributed by atoms with E-state index < -0.39 is 0 Å². The predicted molar refractivity (Wildman–Crippen MR) is 530 cm³/mol. The summed E-state index contributed by atoms with van der Waals surface area (Å²) in [6.07, 6.45) is 9.19. The molecule has 124 heavy (non-hydrogen) atoms. The lowest BCUT2D eigenvalue weighted by Gasteiger charge is -2.25. The Hall–Kier alpha value is -15.9. The van der Waals surface area contributed by atoms with Crippen molar-refractivity contribution < 1.29 is 8.78 Å². The van der Waals surface area contributed by atoms with Gasteiger partial charge in [-0.3, -0.25) is 0 Å². The van der Waals surface area contributed by atoms with E-state index in [0.717, 1.165) is 66.8 Å². The summed E-state index contributed by atoms with van der Waals surface area (Å²) in [7, 11) is 0. The van der Waals surface area contributed by atoms with Gasteiger partial charge < -0.3 is 9.80 Å². The molecule has 0 amide bonds. The van der Waals surface area contributed by atoms with Crippen molar-refractivity contribution >= 4 is 188 Å². The van der Waals surface area contributed by atoms with Gasteiger partial charge in [-0.2, -0.15) is 0 Å². The highest BCUT2D eigenvalue weighted by atomic mass is 19.1. The SMILES string of the molecule is C(=C\c1c2cc3ccccc3cc2c(/C=C/c2ccc(N(c3ccccc3)c3ccccc3)cc2)c2cc3ccccc3cc12)/c1ccc(N(c2ccccc2)c2ccccc2)cc1.Cc1ccc(-c2c3cc4ccccc4cc3c(-c3ccc(C)cc3)c3cc4ccccc4cc23)cc1.Fc1c2cc3ccccc3cc2c(F)c2cc3ccccc3cc12. The molecule has 2 nitrogen and oxygen atoms in total. The zero-order chi connectivity index (χ0) is 83.1. The molecule has 0 spiro atoms. The number of benzene rings is 23. The second-order valence-corrected chi connectivity index (χ2v) is 32.3. The molecule has 0 bridgehead atoms. The van der Waals surface area contributed by atoms with Crippen LogP contribution in [0.4, 0.5) is 42.9 Å². The first-order valence-corrected chi connectivity index (χ1v) is 42.4. The van der Waals surface area contributed by atoms with Crippen LogP contribution in [0.15, 0.2) is 437 Å². The molecule has 0 radical (unpaired) electrons. The smallest absolute Gasteiger partial charge is 0.139 e. The Morgan fingerprint density at radius 3 is 0.581 bits per heavy atom. The average Bonchev–Trinajstić information content (AvgIpc) is 0.717. The van der Waals surface area contributed by atoms with E-state index in [1.54, 1.807) is 24.3 Å². The van der Waals surface area contributed by atoms with Crippen molar-refractivity contribution in [1.82, 2.24) is 0 Å². The molecular formula is C120H82F2N2. The molecule has 586 valence electrons. The van der Waals surface area contributed by atoms with E-state index in [-0.39, 0.29) is 11.6 Å². The van der Waals surface area contributed by atoms with Crippen LogP contribution in [0, 0.1) is 25.5 Å². The van der Waals surface area contributed by atoms with Crippen molar-refractivity contribution in [2.24, 2.45) is 0 Å². The Balaban J connectivity index is 0.000000130. The molecule has 23 aromatic carbocycles. The molecule has 0 aliphatic carbocycles. The maximum atomic E-state index is 15.1. The topological polar surface area (TPSA) is 6.48 Å². The van der Waals surface area contributed by atoms with Crippen molar-refractivity contribution in [3.05, 3.63) is 482 Å². The Bertz CT molecular complexity index is 7250. The molecule has 0 aromatic heterocycles. The Labute approximate surface area is 719 Å². The van der Waals surface area contributed by atoms with E-state index in [9.17, 15) is 0 Å². The number of aryl methyl sites for hydroxylation is 2. The Kier molecular flexibility index (Phi) is 19.9. The van der Waals surface area contributed by atoms with Crippen molar-refractivity contribution in [3.63, 3.8) is 0 Å². The summed E-state index contributed by atoms with van der Waals surface area (Å²) in [6, 6.07) is 154. The molecule has 0 fully saturated rings. The van der Waals surface area contributed by atoms with Crippen molar-refractivity contribution in [3.8, 4) is 22.3 Å². The maximum Gasteiger partial charge on any atom is 0.139 e. The van der Waals surface area contributed by atoms with E-state index in [1.165, 1.54) is 131 Å². The van der Waals surface area contributed by atoms with Gasteiger partial charge in [-0.25, -0.2) is 8.78 Å². The fourth-order valence-electron chi connectivity index (χ4n) is 18.2. The van der Waals surface area contributed by atoms with Gasteiger partial charge in [-0.15, -0.1) is 0 Å². The second-order valence-electron chi connectivity index (χ2n) is 32.3. The largest absolute Gasteiger partial charge is 0.311 e. The minimum absolute atomic E-state index is 0.328. The van der Waals surface area contributed by atoms with Crippen LogP contribution in [0.2, 0.25) is 0 Å². The van der Waals surface area contributed by atoms with Gasteiger partial charge in [0.05, 0.1) is 0 Å². The van der Waals surface area contributed by atoms with Crippen LogP contribution in [-0.4, -0.2) is 0 Å². The molecule has 0 aliphatic rings. The number of nitrogens with zero attached hydrogens (tertiary/aromatic N) is 2. The number of hydrogen-bond donors (Lipinski definition) is 0. The fraction of sp³-hybridized carbons (Fsp3) is 0.0167. The fourth-order valence-corrected chi connectivity index (χ4v) is 18.2. The van der Waals surface area contributed by atoms with Gasteiger partial charge >= 0.3 is 0 Å². The zero-order valence-electron chi connectivity index (χ0n) is 68.5. The van der Waals surface area contributed by atoms with Gasteiger partial charge in [0.1, 0.15) is 11.6 Å². The monoisotopic (exact) mass is 1590 g/mol. The van der Waals surface area contributed by atoms with Gasteiger partial charge in [-0.05, 0) is 312 Å². The molecule has 0 atom stereocenters. The highest BCUT2D eigenvalue weighted by molar-refractivity contribution is 6.26. The second kappa shape index (κ2) is 32.7. The highest BCUT2D eigenvalue weighted by Crippen LogP contribution is 2.48. The van der Waals surface area contributed by atoms with Crippen LogP contribution >= 0.6 is 0 Å². The number of halogens is 2.